The van der Waals surface area contributed by atoms with Crippen molar-refractivity contribution >= 4 is 12.1 Å². The van der Waals surface area contributed by atoms with E-state index in [0.717, 1.165) is 11.3 Å². The van der Waals surface area contributed by atoms with Gasteiger partial charge in [0.1, 0.15) is 18.0 Å². The van der Waals surface area contributed by atoms with E-state index in [1.165, 1.54) is 7.11 Å². The second-order valence-electron chi connectivity index (χ2n) is 8.91. The molecule has 0 unspecified atom stereocenters. The van der Waals surface area contributed by atoms with Gasteiger partial charge in [0, 0.05) is 5.56 Å². The molecule has 192 valence electrons. The Bertz CT molecular complexity index is 1210. The van der Waals surface area contributed by atoms with Crippen LogP contribution < -0.4 is 19.5 Å². The number of carbonyl (C=O) groups excluding carboxylic acids is 1. The maximum atomic E-state index is 12.2. The third kappa shape index (κ3) is 6.68. The lowest BCUT2D eigenvalue weighted by Crippen LogP contribution is -2.34. The minimum atomic E-state index is -1.29. The fourth-order valence-electron chi connectivity index (χ4n) is 3.26. The largest absolute Gasteiger partial charge is 0.497 e. The van der Waals surface area contributed by atoms with Gasteiger partial charge in [-0.25, -0.2) is 14.6 Å². The van der Waals surface area contributed by atoms with Gasteiger partial charge in [0.15, 0.2) is 23.0 Å². The Hall–Kier alpha value is -4.21. The number of amides is 1. The van der Waals surface area contributed by atoms with Crippen LogP contribution in [0, 0.1) is 0 Å². The number of rotatable bonds is 9. The lowest BCUT2D eigenvalue weighted by molar-refractivity contribution is 0.0498. The smallest absolute Gasteiger partial charge is 0.408 e. The lowest BCUT2D eigenvalue weighted by Gasteiger charge is -2.21. The van der Waals surface area contributed by atoms with Crippen LogP contribution in [0.3, 0.4) is 0 Å². The van der Waals surface area contributed by atoms with Gasteiger partial charge in [0.25, 0.3) is 0 Å². The van der Waals surface area contributed by atoms with Gasteiger partial charge in [-0.2, -0.15) is 0 Å². The molecule has 1 aromatic heterocycles. The van der Waals surface area contributed by atoms with Crippen molar-refractivity contribution in [1.29, 1.82) is 0 Å². The maximum Gasteiger partial charge on any atom is 0.408 e. The molecule has 10 heteroatoms. The van der Waals surface area contributed by atoms with Crippen LogP contribution in [0.2, 0.25) is 0 Å². The molecular formula is C26H30N2O8. The van der Waals surface area contributed by atoms with Crippen LogP contribution in [-0.4, -0.2) is 42.0 Å². The highest BCUT2D eigenvalue weighted by atomic mass is 16.6. The standard InChI is InChI=1S/C26H30N2O8/c1-15(27-25(31)36-26(2,3)4)22-21(24(29)30)28-23(35-22)17-9-12-19(33-6)20(13-17)34-14-16-7-10-18(32-5)11-8-16/h7-13,15H,14H2,1-6H3,(H,27,31)(H,29,30)/t15-/m0/s1. The van der Waals surface area contributed by atoms with E-state index in [2.05, 4.69) is 10.3 Å². The summed E-state index contributed by atoms with van der Waals surface area (Å²) in [5.41, 5.74) is 0.359. The number of aromatic nitrogens is 1. The van der Waals surface area contributed by atoms with Crippen molar-refractivity contribution in [1.82, 2.24) is 10.3 Å². The van der Waals surface area contributed by atoms with Gasteiger partial charge in [0.05, 0.1) is 20.3 Å². The summed E-state index contributed by atoms with van der Waals surface area (Å²) in [6.45, 7) is 7.02. The van der Waals surface area contributed by atoms with Crippen LogP contribution in [0.1, 0.15) is 55.5 Å². The predicted octanol–water partition coefficient (Wildman–Crippen LogP) is 5.22. The van der Waals surface area contributed by atoms with Crippen molar-refractivity contribution in [2.45, 2.75) is 45.9 Å². The minimum Gasteiger partial charge on any atom is -0.497 e. The van der Waals surface area contributed by atoms with Gasteiger partial charge in [0.2, 0.25) is 5.89 Å². The molecule has 0 fully saturated rings. The van der Waals surface area contributed by atoms with Gasteiger partial charge in [-0.05, 0) is 63.6 Å². The highest BCUT2D eigenvalue weighted by molar-refractivity contribution is 5.87. The summed E-state index contributed by atoms with van der Waals surface area (Å²) in [7, 11) is 3.12. The number of ether oxygens (including phenoxy) is 4. The van der Waals surface area contributed by atoms with Crippen molar-refractivity contribution in [3.63, 3.8) is 0 Å². The summed E-state index contributed by atoms with van der Waals surface area (Å²) in [5.74, 6) is 0.391. The molecule has 1 atom stereocenters. The number of aromatic carboxylic acids is 1. The SMILES string of the molecule is COc1ccc(COc2cc(-c3nc(C(=O)O)c([C@H](C)NC(=O)OC(C)(C)C)o3)ccc2OC)cc1. The van der Waals surface area contributed by atoms with Gasteiger partial charge in [-0.3, -0.25) is 0 Å². The number of benzene rings is 2. The number of nitrogens with one attached hydrogen (secondary N) is 1. The lowest BCUT2D eigenvalue weighted by atomic mass is 10.2. The highest BCUT2D eigenvalue weighted by Crippen LogP contribution is 2.34. The molecular weight excluding hydrogens is 468 g/mol. The number of alkyl carbamates (subject to hydrolysis) is 1. The van der Waals surface area contributed by atoms with Crippen molar-refractivity contribution in [3.8, 4) is 28.7 Å². The van der Waals surface area contributed by atoms with E-state index < -0.39 is 23.7 Å². The second kappa shape index (κ2) is 11.0. The molecule has 0 saturated carbocycles. The molecule has 10 nitrogen and oxygen atoms in total. The molecule has 2 aromatic carbocycles. The fourth-order valence-corrected chi connectivity index (χ4v) is 3.26. The van der Waals surface area contributed by atoms with Crippen molar-refractivity contribution in [3.05, 3.63) is 59.5 Å². The molecule has 0 spiro atoms. The molecule has 0 saturated heterocycles. The molecule has 1 amide bonds. The van der Waals surface area contributed by atoms with E-state index in [4.69, 9.17) is 23.4 Å². The van der Waals surface area contributed by atoms with E-state index in [0.29, 0.717) is 17.1 Å². The number of carbonyl (C=O) groups is 2. The first-order valence-electron chi connectivity index (χ1n) is 11.2. The van der Waals surface area contributed by atoms with Crippen molar-refractivity contribution < 1.29 is 38.1 Å². The molecule has 3 rings (SSSR count). The molecule has 3 aromatic rings. The normalized spacial score (nSPS) is 11.9. The number of carboxylic acid groups (broad SMARTS) is 1. The zero-order valence-corrected chi connectivity index (χ0v) is 21.1. The zero-order valence-electron chi connectivity index (χ0n) is 21.1. The minimum absolute atomic E-state index is 0.0140. The Labute approximate surface area is 209 Å². The van der Waals surface area contributed by atoms with Crippen molar-refractivity contribution in [2.75, 3.05) is 14.2 Å². The Kier molecular flexibility index (Phi) is 8.08. The molecule has 36 heavy (non-hydrogen) atoms. The highest BCUT2D eigenvalue weighted by Gasteiger charge is 2.27. The Morgan fingerprint density at radius 2 is 1.75 bits per heavy atom. The molecule has 0 aliphatic carbocycles. The van der Waals surface area contributed by atoms with Gasteiger partial charge >= 0.3 is 12.1 Å². The summed E-state index contributed by atoms with van der Waals surface area (Å²) < 4.78 is 27.6. The first kappa shape index (κ1) is 26.4. The van der Waals surface area contributed by atoms with E-state index in [9.17, 15) is 14.7 Å². The van der Waals surface area contributed by atoms with Gasteiger partial charge in [-0.15, -0.1) is 0 Å². The summed E-state index contributed by atoms with van der Waals surface area (Å²) in [6.07, 6.45) is -0.706. The summed E-state index contributed by atoms with van der Waals surface area (Å²) >= 11 is 0. The third-order valence-corrected chi connectivity index (χ3v) is 4.95. The molecule has 2 N–H and O–H groups in total. The number of hydrogen-bond donors (Lipinski definition) is 2. The summed E-state index contributed by atoms with van der Waals surface area (Å²) in [6, 6.07) is 11.6. The first-order chi connectivity index (χ1) is 17.0. The first-order valence-corrected chi connectivity index (χ1v) is 11.2. The molecule has 0 aliphatic rings. The Morgan fingerprint density at radius 1 is 1.06 bits per heavy atom. The van der Waals surface area contributed by atoms with E-state index in [1.807, 2.05) is 24.3 Å². The van der Waals surface area contributed by atoms with Crippen LogP contribution in [0.5, 0.6) is 17.2 Å². The summed E-state index contributed by atoms with van der Waals surface area (Å²) in [4.78, 5) is 28.1. The Balaban J connectivity index is 1.85. The predicted molar refractivity (Wildman–Crippen MR) is 131 cm³/mol. The van der Waals surface area contributed by atoms with Crippen molar-refractivity contribution in [2.24, 2.45) is 0 Å². The average Bonchev–Trinajstić information content (AvgIpc) is 3.28. The molecule has 1 heterocycles. The molecule has 0 bridgehead atoms. The van der Waals surface area contributed by atoms with Crippen LogP contribution >= 0.6 is 0 Å². The van der Waals surface area contributed by atoms with Crippen LogP contribution in [0.15, 0.2) is 46.9 Å². The molecule has 0 aliphatic heterocycles. The fraction of sp³-hybridized carbons (Fsp3) is 0.346. The number of hydrogen-bond acceptors (Lipinski definition) is 8. The van der Waals surface area contributed by atoms with Crippen LogP contribution in [0.25, 0.3) is 11.5 Å². The number of carboxylic acids is 1. The quantitative estimate of drug-likeness (QED) is 0.408. The van der Waals surface area contributed by atoms with Crippen LogP contribution in [-0.2, 0) is 11.3 Å². The maximum absolute atomic E-state index is 12.2. The second-order valence-corrected chi connectivity index (χ2v) is 8.91. The zero-order chi connectivity index (χ0) is 26.5. The van der Waals surface area contributed by atoms with E-state index >= 15 is 0 Å². The Morgan fingerprint density at radius 3 is 2.33 bits per heavy atom. The van der Waals surface area contributed by atoms with E-state index in [-0.39, 0.29) is 24.0 Å². The number of nitrogens with zero attached hydrogens (tertiary/aromatic N) is 1. The summed E-state index contributed by atoms with van der Waals surface area (Å²) in [5, 5.41) is 12.2. The average molecular weight is 499 g/mol. The molecule has 0 radical (unpaired) electrons. The van der Waals surface area contributed by atoms with Gasteiger partial charge < -0.3 is 33.8 Å². The monoisotopic (exact) mass is 498 g/mol. The topological polar surface area (TPSA) is 129 Å². The number of oxazole rings is 1. The van der Waals surface area contributed by atoms with E-state index in [1.54, 1.807) is 53.0 Å². The van der Waals surface area contributed by atoms with Gasteiger partial charge in [-0.1, -0.05) is 12.1 Å². The van der Waals surface area contributed by atoms with Crippen LogP contribution in [0.4, 0.5) is 4.79 Å². The number of methoxy groups -OCH3 is 2. The third-order valence-electron chi connectivity index (χ3n) is 4.95.